The van der Waals surface area contributed by atoms with Gasteiger partial charge in [-0.15, -0.1) is 0 Å². The largest absolute Gasteiger partial charge is 0.507 e. The molecule has 4 nitrogen and oxygen atoms in total. The van der Waals surface area contributed by atoms with Crippen molar-refractivity contribution >= 4 is 82.5 Å². The van der Waals surface area contributed by atoms with Crippen LogP contribution in [0.1, 0.15) is 11.1 Å². The minimum Gasteiger partial charge on any atom is -0.507 e. The summed E-state index contributed by atoms with van der Waals surface area (Å²) in [6, 6.07) is 57.1. The molecule has 0 atom stereocenters. The van der Waals surface area contributed by atoms with Crippen molar-refractivity contribution in [3.8, 4) is 22.6 Å². The van der Waals surface area contributed by atoms with Gasteiger partial charge in [-0.05, 0) is 33.7 Å². The zero-order valence-electron chi connectivity index (χ0n) is 29.3. The predicted octanol–water partition coefficient (Wildman–Crippen LogP) is 10.4. The molecule has 54 heavy (non-hydrogen) atoms. The summed E-state index contributed by atoms with van der Waals surface area (Å²) in [5.41, 5.74) is 1.92. The van der Waals surface area contributed by atoms with E-state index in [1.54, 1.807) is 0 Å². The first-order valence-electron chi connectivity index (χ1n) is 17.5. The Balaban J connectivity index is 0.00000221. The summed E-state index contributed by atoms with van der Waals surface area (Å²) in [6.45, 7) is 0. The molecule has 0 bridgehead atoms. The van der Waals surface area contributed by atoms with E-state index in [9.17, 15) is 10.2 Å². The van der Waals surface area contributed by atoms with Crippen LogP contribution in [-0.2, 0) is 21.5 Å². The first kappa shape index (κ1) is 37.5. The van der Waals surface area contributed by atoms with Crippen LogP contribution < -0.4 is 21.2 Å². The first-order chi connectivity index (χ1) is 26.4. The van der Waals surface area contributed by atoms with E-state index < -0.39 is 14.3 Å². The van der Waals surface area contributed by atoms with Crippen molar-refractivity contribution in [2.75, 3.05) is 0 Å². The molecule has 0 aliphatic rings. The summed E-state index contributed by atoms with van der Waals surface area (Å²) in [6.07, 6.45) is 0.139. The fourth-order valence-electron chi connectivity index (χ4n) is 7.35. The number of hydrogen-bond acceptors (Lipinski definition) is 4. The van der Waals surface area contributed by atoms with Gasteiger partial charge in [-0.2, -0.15) is 0 Å². The molecule has 0 aliphatic carbocycles. The third kappa shape index (κ3) is 7.08. The Morgan fingerprint density at radius 1 is 0.407 bits per heavy atom. The molecule has 0 fully saturated rings. The highest BCUT2D eigenvalue weighted by atomic mass is 35.6. The van der Waals surface area contributed by atoms with Gasteiger partial charge in [0.25, 0.3) is 15.4 Å². The molecule has 8 aromatic carbocycles. The van der Waals surface area contributed by atoms with Gasteiger partial charge in [-0.1, -0.05) is 170 Å². The van der Waals surface area contributed by atoms with Crippen molar-refractivity contribution in [2.24, 2.45) is 0 Å². The Morgan fingerprint density at radius 3 is 0.963 bits per heavy atom. The normalized spacial score (nSPS) is 11.6. The minimum absolute atomic E-state index is 0.0438. The molecule has 264 valence electrons. The fourth-order valence-corrected chi connectivity index (χ4v) is 12.7. The molecule has 0 unspecified atom stereocenters. The quantitative estimate of drug-likeness (QED) is 0.113. The average Bonchev–Trinajstić information content (AvgIpc) is 3.24. The lowest BCUT2D eigenvalue weighted by Gasteiger charge is -2.24. The van der Waals surface area contributed by atoms with Crippen LogP contribution in [0.3, 0.4) is 0 Å². The van der Waals surface area contributed by atoms with Gasteiger partial charge in [0.1, 0.15) is 25.8 Å². The van der Waals surface area contributed by atoms with Crippen molar-refractivity contribution in [3.63, 3.8) is 0 Å². The predicted molar refractivity (Wildman–Crippen MR) is 229 cm³/mol. The number of aromatic hydroxyl groups is 2. The third-order valence-electron chi connectivity index (χ3n) is 9.93. The maximum atomic E-state index is 15.3. The Morgan fingerprint density at radius 2 is 0.667 bits per heavy atom. The highest BCUT2D eigenvalue weighted by Crippen LogP contribution is 2.55. The molecule has 2 radical (unpaired) electrons. The summed E-state index contributed by atoms with van der Waals surface area (Å²) >= 11 is 1.89. The molecule has 0 aromatic heterocycles. The second kappa shape index (κ2) is 16.3. The standard InChI is InChI=1S/C46H36O4P2.Al.ClH/c47-45-35(31-51(49,37-19-5-1-6-20-37)38-21-7-2-8-22-38)29-33-17-13-15-27-41(33)43(45)44-42-28-16-14-18-34(42)30-36(46(44)48)32-52(50,39-23-9-3-10-24-39)40-25-11-4-12-26-40;;/h1-30,47-48H,31-32H2;;1H/q;+1;/p-1. The number of fused-ring (bicyclic) bond motifs is 2. The van der Waals surface area contributed by atoms with Crippen LogP contribution in [-0.4, -0.2) is 25.6 Å². The Hall–Kier alpha value is -4.84. The van der Waals surface area contributed by atoms with Crippen molar-refractivity contribution < 1.29 is 19.3 Å². The fraction of sp³-hybridized carbons (Fsp3) is 0.0435. The second-order valence-corrected chi connectivity index (χ2v) is 18.8. The summed E-state index contributed by atoms with van der Waals surface area (Å²) in [4.78, 5) is 0. The Kier molecular flexibility index (Phi) is 11.3. The van der Waals surface area contributed by atoms with Gasteiger partial charge >= 0.3 is 0 Å². The van der Waals surface area contributed by atoms with Crippen LogP contribution in [0.15, 0.2) is 182 Å². The highest BCUT2D eigenvalue weighted by molar-refractivity contribution is 7.78. The molecule has 0 heterocycles. The zero-order valence-corrected chi connectivity index (χ0v) is 33.0. The van der Waals surface area contributed by atoms with E-state index >= 15 is 9.13 Å². The highest BCUT2D eigenvalue weighted by Gasteiger charge is 2.33. The second-order valence-electron chi connectivity index (χ2n) is 13.1. The van der Waals surface area contributed by atoms with Gasteiger partial charge < -0.3 is 19.3 Å². The van der Waals surface area contributed by atoms with Gasteiger partial charge in [-0.25, -0.2) is 0 Å². The molecule has 0 saturated carbocycles. The van der Waals surface area contributed by atoms with Crippen molar-refractivity contribution in [3.05, 3.63) is 193 Å². The molecule has 8 rings (SSSR count). The third-order valence-corrected chi connectivity index (χ3v) is 16.0. The van der Waals surface area contributed by atoms with Crippen LogP contribution in [0.4, 0.5) is 0 Å². The summed E-state index contributed by atoms with van der Waals surface area (Å²) < 4.78 is 30.6. The molecule has 8 heteroatoms. The summed E-state index contributed by atoms with van der Waals surface area (Å²) in [7, 11) is -2.02. The van der Waals surface area contributed by atoms with Crippen LogP contribution in [0.5, 0.6) is 11.5 Å². The number of rotatable bonds is 9. The maximum absolute atomic E-state index is 15.3. The monoisotopic (exact) mass is 776 g/mol. The van der Waals surface area contributed by atoms with E-state index in [-0.39, 0.29) is 23.8 Å². The number of halogens is 1. The van der Waals surface area contributed by atoms with Crippen LogP contribution in [0.25, 0.3) is 32.7 Å². The molecule has 8 aromatic rings. The molecule has 0 amide bonds. The van der Waals surface area contributed by atoms with Crippen LogP contribution in [0, 0.1) is 0 Å². The number of benzene rings is 8. The topological polar surface area (TPSA) is 74.6 Å². The smallest absolute Gasteiger partial charge is 0.293 e. The van der Waals surface area contributed by atoms with Crippen LogP contribution in [0.2, 0.25) is 0 Å². The molecular formula is C46H36AlClO4P2. The van der Waals surface area contributed by atoms with Crippen molar-refractivity contribution in [1.82, 2.24) is 0 Å². The molecule has 2 N–H and O–H groups in total. The van der Waals surface area contributed by atoms with E-state index in [4.69, 9.17) is 0 Å². The Labute approximate surface area is 328 Å². The van der Waals surface area contributed by atoms with E-state index in [2.05, 4.69) is 10.0 Å². The van der Waals surface area contributed by atoms with Crippen LogP contribution >= 0.6 is 24.3 Å². The van der Waals surface area contributed by atoms with Gasteiger partial charge in [0.05, 0.1) is 0 Å². The molecular weight excluding hydrogens is 741 g/mol. The van der Waals surface area contributed by atoms with E-state index in [0.29, 0.717) is 43.5 Å². The van der Waals surface area contributed by atoms with Gasteiger partial charge in [0, 0.05) is 55.8 Å². The molecule has 0 aliphatic heterocycles. The summed E-state index contributed by atoms with van der Waals surface area (Å²) in [5.74, 6) is -0.0876. The number of phenolic OH excluding ortho intramolecular Hbond substituents is 2. The number of hydrogen-bond donors (Lipinski definition) is 2. The van der Waals surface area contributed by atoms with Gasteiger partial charge in [0.15, 0.2) is 0 Å². The zero-order chi connectivity index (χ0) is 37.7. The van der Waals surface area contributed by atoms with E-state index in [1.165, 1.54) is 0 Å². The number of phenols is 2. The Bertz CT molecular complexity index is 2380. The van der Waals surface area contributed by atoms with E-state index in [0.717, 1.165) is 21.5 Å². The van der Waals surface area contributed by atoms with Gasteiger partial charge in [0.2, 0.25) is 0 Å². The summed E-state index contributed by atoms with van der Waals surface area (Å²) in [5, 5.41) is 30.9. The lowest BCUT2D eigenvalue weighted by atomic mass is 9.89. The molecule has 0 spiro atoms. The maximum Gasteiger partial charge on any atom is 0.293 e. The first-order valence-corrected chi connectivity index (χ1v) is 23.0. The lowest BCUT2D eigenvalue weighted by Crippen LogP contribution is -2.17. The average molecular weight is 777 g/mol. The van der Waals surface area contributed by atoms with Gasteiger partial charge in [-0.3, -0.25) is 10.0 Å². The SMILES string of the molecule is O=P(Cc1cc2ccccc2c(-c2c(O)c(CP(=O)(c3ccccc3)c3ccccc3)cc3ccccc23)c1O)(c1ccccc1)c1ccccc1.[Al][Cl]. The molecule has 0 saturated heterocycles. The van der Waals surface area contributed by atoms with Crippen molar-refractivity contribution in [2.45, 2.75) is 12.3 Å². The lowest BCUT2D eigenvalue weighted by molar-refractivity contribution is 0.465. The minimum atomic E-state index is -3.29. The van der Waals surface area contributed by atoms with E-state index in [1.807, 2.05) is 197 Å². The van der Waals surface area contributed by atoms with Crippen molar-refractivity contribution in [1.29, 1.82) is 0 Å².